The van der Waals surface area contributed by atoms with Gasteiger partial charge in [-0.15, -0.1) is 0 Å². The van der Waals surface area contributed by atoms with Crippen molar-refractivity contribution in [3.8, 4) is 0 Å². The zero-order valence-electron chi connectivity index (χ0n) is 19.0. The number of nitrogens with zero attached hydrogens (tertiary/aromatic N) is 1. The van der Waals surface area contributed by atoms with Gasteiger partial charge in [0, 0.05) is 16.9 Å². The molecule has 0 aliphatic rings. The molecule has 0 fully saturated rings. The van der Waals surface area contributed by atoms with Crippen LogP contribution in [0.4, 0.5) is 11.4 Å². The minimum atomic E-state index is -1.25. The summed E-state index contributed by atoms with van der Waals surface area (Å²) < 4.78 is 0. The van der Waals surface area contributed by atoms with Crippen molar-refractivity contribution in [2.24, 2.45) is 0 Å². The second-order valence-electron chi connectivity index (χ2n) is 7.68. The molecule has 2 atom stereocenters. The molecule has 0 aliphatic heterocycles. The van der Waals surface area contributed by atoms with Gasteiger partial charge in [-0.1, -0.05) is 25.1 Å². The van der Waals surface area contributed by atoms with Crippen molar-refractivity contribution in [3.63, 3.8) is 0 Å². The van der Waals surface area contributed by atoms with Gasteiger partial charge in [0.2, 0.25) is 11.8 Å². The lowest BCUT2D eigenvalue weighted by Crippen LogP contribution is -2.52. The molecule has 0 radical (unpaired) electrons. The quantitative estimate of drug-likeness (QED) is 0.285. The second-order valence-corrected chi connectivity index (χ2v) is 7.68. The number of nitrogens with one attached hydrogen (secondary N) is 2. The molecule has 0 saturated heterocycles. The standard InChI is InChI=1S/C24H28N4O6/c1-3-19(27-23(33)16-8-10-17(25)11-9-16)24(34)28(20-7-5-4-6-15(20)2)13-21(30)26-18(14-29)12-22(31)32/h4-11,14,18-19H,3,12-13,25H2,1-2H3,(H,26,30)(H,27,33)(H,31,32). The van der Waals surface area contributed by atoms with E-state index in [1.165, 1.54) is 17.0 Å². The maximum Gasteiger partial charge on any atom is 0.305 e. The van der Waals surface area contributed by atoms with Crippen molar-refractivity contribution in [1.82, 2.24) is 10.6 Å². The number of nitrogens with two attached hydrogens (primary N) is 1. The number of anilines is 2. The molecule has 180 valence electrons. The lowest BCUT2D eigenvalue weighted by atomic mass is 10.1. The molecule has 0 bridgehead atoms. The summed E-state index contributed by atoms with van der Waals surface area (Å²) in [5.41, 5.74) is 7.63. The van der Waals surface area contributed by atoms with E-state index in [4.69, 9.17) is 10.8 Å². The predicted molar refractivity (Wildman–Crippen MR) is 126 cm³/mol. The number of benzene rings is 2. The maximum absolute atomic E-state index is 13.5. The lowest BCUT2D eigenvalue weighted by molar-refractivity contribution is -0.138. The van der Waals surface area contributed by atoms with Gasteiger partial charge in [-0.25, -0.2) is 0 Å². The van der Waals surface area contributed by atoms with Gasteiger partial charge in [0.25, 0.3) is 5.91 Å². The number of carbonyl (C=O) groups excluding carboxylic acids is 4. The largest absolute Gasteiger partial charge is 0.481 e. The summed E-state index contributed by atoms with van der Waals surface area (Å²) in [6.45, 7) is 3.01. The van der Waals surface area contributed by atoms with Crippen LogP contribution in [0.5, 0.6) is 0 Å². The molecule has 2 rings (SSSR count). The summed E-state index contributed by atoms with van der Waals surface area (Å²) >= 11 is 0. The van der Waals surface area contributed by atoms with Crippen LogP contribution >= 0.6 is 0 Å². The molecule has 2 unspecified atom stereocenters. The number of carbonyl (C=O) groups is 5. The van der Waals surface area contributed by atoms with Gasteiger partial charge in [0.1, 0.15) is 18.9 Å². The number of carboxylic acids is 1. The third-order valence-electron chi connectivity index (χ3n) is 5.06. The van der Waals surface area contributed by atoms with Crippen LogP contribution in [0, 0.1) is 6.92 Å². The minimum absolute atomic E-state index is 0.250. The minimum Gasteiger partial charge on any atom is -0.481 e. The zero-order chi connectivity index (χ0) is 25.3. The van der Waals surface area contributed by atoms with Crippen LogP contribution in [0.3, 0.4) is 0 Å². The number of nitrogen functional groups attached to an aromatic ring is 1. The Morgan fingerprint density at radius 3 is 2.26 bits per heavy atom. The Labute approximate surface area is 197 Å². The monoisotopic (exact) mass is 468 g/mol. The molecule has 0 aromatic heterocycles. The predicted octanol–water partition coefficient (Wildman–Crippen LogP) is 1.28. The van der Waals surface area contributed by atoms with E-state index in [9.17, 15) is 24.0 Å². The summed E-state index contributed by atoms with van der Waals surface area (Å²) in [5.74, 6) is -2.97. The Balaban J connectivity index is 2.27. The lowest BCUT2D eigenvalue weighted by Gasteiger charge is -2.28. The first-order valence-corrected chi connectivity index (χ1v) is 10.7. The van der Waals surface area contributed by atoms with Crippen LogP contribution in [0.2, 0.25) is 0 Å². The van der Waals surface area contributed by atoms with Crippen LogP contribution < -0.4 is 21.3 Å². The number of rotatable bonds is 11. The van der Waals surface area contributed by atoms with E-state index >= 15 is 0 Å². The number of aldehydes is 1. The Kier molecular flexibility index (Phi) is 9.30. The normalized spacial score (nSPS) is 12.2. The van der Waals surface area contributed by atoms with Crippen molar-refractivity contribution in [2.75, 3.05) is 17.2 Å². The van der Waals surface area contributed by atoms with Gasteiger partial charge in [0.15, 0.2) is 0 Å². The average Bonchev–Trinajstić information content (AvgIpc) is 2.80. The molecule has 10 nitrogen and oxygen atoms in total. The average molecular weight is 469 g/mol. The van der Waals surface area contributed by atoms with Gasteiger partial charge in [0.05, 0.1) is 12.5 Å². The zero-order valence-corrected chi connectivity index (χ0v) is 19.0. The smallest absolute Gasteiger partial charge is 0.305 e. The number of aliphatic carboxylic acids is 1. The molecule has 3 amide bonds. The third kappa shape index (κ3) is 7.16. The highest BCUT2D eigenvalue weighted by molar-refractivity contribution is 6.05. The summed E-state index contributed by atoms with van der Waals surface area (Å²) in [6, 6.07) is 10.9. The molecule has 2 aromatic rings. The summed E-state index contributed by atoms with van der Waals surface area (Å²) in [7, 11) is 0. The molecule has 0 aliphatic carbocycles. The van der Waals surface area contributed by atoms with Crippen molar-refractivity contribution < 1.29 is 29.1 Å². The van der Waals surface area contributed by atoms with E-state index in [1.54, 1.807) is 50.2 Å². The number of aryl methyl sites for hydroxylation is 1. The molecule has 0 spiro atoms. The highest BCUT2D eigenvalue weighted by Crippen LogP contribution is 2.21. The molecular formula is C24H28N4O6. The van der Waals surface area contributed by atoms with Crippen LogP contribution in [0.25, 0.3) is 0 Å². The van der Waals surface area contributed by atoms with E-state index in [2.05, 4.69) is 10.6 Å². The summed E-state index contributed by atoms with van der Waals surface area (Å²) in [4.78, 5) is 62.0. The topological polar surface area (TPSA) is 159 Å². The Morgan fingerprint density at radius 2 is 1.71 bits per heavy atom. The van der Waals surface area contributed by atoms with Crippen molar-refractivity contribution in [1.29, 1.82) is 0 Å². The second kappa shape index (κ2) is 12.1. The number of para-hydroxylation sites is 1. The highest BCUT2D eigenvalue weighted by Gasteiger charge is 2.29. The summed E-state index contributed by atoms with van der Waals surface area (Å²) in [6.07, 6.45) is -0.00403. The van der Waals surface area contributed by atoms with E-state index < -0.39 is 48.7 Å². The van der Waals surface area contributed by atoms with Gasteiger partial charge in [-0.2, -0.15) is 0 Å². The van der Waals surface area contributed by atoms with Gasteiger partial charge in [-0.3, -0.25) is 19.2 Å². The van der Waals surface area contributed by atoms with Crippen LogP contribution in [-0.4, -0.2) is 53.7 Å². The fourth-order valence-electron chi connectivity index (χ4n) is 3.27. The van der Waals surface area contributed by atoms with E-state index in [-0.39, 0.29) is 6.42 Å². The first-order valence-electron chi connectivity index (χ1n) is 10.7. The molecular weight excluding hydrogens is 440 g/mol. The van der Waals surface area contributed by atoms with Crippen LogP contribution in [-0.2, 0) is 19.2 Å². The van der Waals surface area contributed by atoms with Crippen LogP contribution in [0.1, 0.15) is 35.7 Å². The van der Waals surface area contributed by atoms with E-state index in [1.807, 2.05) is 0 Å². The van der Waals surface area contributed by atoms with Gasteiger partial charge in [-0.05, 0) is 49.2 Å². The highest BCUT2D eigenvalue weighted by atomic mass is 16.4. The van der Waals surface area contributed by atoms with Crippen molar-refractivity contribution in [3.05, 3.63) is 59.7 Å². The van der Waals surface area contributed by atoms with E-state index in [0.29, 0.717) is 28.8 Å². The van der Waals surface area contributed by atoms with Gasteiger partial charge >= 0.3 is 5.97 Å². The SMILES string of the molecule is CCC(NC(=O)c1ccc(N)cc1)C(=O)N(CC(=O)NC(C=O)CC(=O)O)c1ccccc1C. The van der Waals surface area contributed by atoms with Crippen LogP contribution in [0.15, 0.2) is 48.5 Å². The first kappa shape index (κ1) is 26.0. The van der Waals surface area contributed by atoms with E-state index in [0.717, 1.165) is 0 Å². The van der Waals surface area contributed by atoms with Crippen molar-refractivity contribution >= 4 is 41.4 Å². The van der Waals surface area contributed by atoms with Crippen molar-refractivity contribution in [2.45, 2.75) is 38.8 Å². The number of hydrogen-bond acceptors (Lipinski definition) is 6. The number of hydrogen-bond donors (Lipinski definition) is 4. The Morgan fingerprint density at radius 1 is 1.06 bits per heavy atom. The molecule has 0 heterocycles. The fraction of sp³-hybridized carbons (Fsp3) is 0.292. The molecule has 5 N–H and O–H groups in total. The Bertz CT molecular complexity index is 1050. The molecule has 10 heteroatoms. The number of amides is 3. The Hall–Kier alpha value is -4.21. The number of carboxylic acid groups (broad SMARTS) is 1. The fourth-order valence-corrected chi connectivity index (χ4v) is 3.27. The maximum atomic E-state index is 13.5. The third-order valence-corrected chi connectivity index (χ3v) is 5.06. The molecule has 2 aromatic carbocycles. The first-order chi connectivity index (χ1) is 16.2. The molecule has 0 saturated carbocycles. The summed E-state index contributed by atoms with van der Waals surface area (Å²) in [5, 5.41) is 13.9. The van der Waals surface area contributed by atoms with Gasteiger partial charge < -0.3 is 31.2 Å². The molecule has 34 heavy (non-hydrogen) atoms.